The molecule has 4 nitrogen and oxygen atoms in total. The van der Waals surface area contributed by atoms with Crippen LogP contribution in [0.1, 0.15) is 30.1 Å². The third-order valence-corrected chi connectivity index (χ3v) is 3.03. The molecule has 2 rings (SSSR count). The molecule has 1 aromatic carbocycles. The third kappa shape index (κ3) is 3.02. The van der Waals surface area contributed by atoms with Crippen LogP contribution < -0.4 is 10.6 Å². The minimum Gasteiger partial charge on any atom is -0.373 e. The van der Waals surface area contributed by atoms with Gasteiger partial charge in [-0.05, 0) is 18.6 Å². The first-order valence-corrected chi connectivity index (χ1v) is 6.62. The number of carbonyl (C=O) groups is 1. The number of nitrogens with one attached hydrogen (secondary N) is 2. The minimum atomic E-state index is -0.0384. The van der Waals surface area contributed by atoms with Gasteiger partial charge in [0.25, 0.3) is 5.91 Å². The van der Waals surface area contributed by atoms with Crippen molar-refractivity contribution in [3.63, 3.8) is 0 Å². The smallest absolute Gasteiger partial charge is 0.252 e. The lowest BCUT2D eigenvalue weighted by molar-refractivity contribution is 0.0955. The van der Waals surface area contributed by atoms with Crippen molar-refractivity contribution in [1.82, 2.24) is 10.3 Å². The first-order valence-electron chi connectivity index (χ1n) is 6.62. The maximum absolute atomic E-state index is 12.2. The number of benzene rings is 1. The van der Waals surface area contributed by atoms with E-state index in [4.69, 9.17) is 0 Å². The van der Waals surface area contributed by atoms with E-state index in [1.165, 1.54) is 0 Å². The highest BCUT2D eigenvalue weighted by Gasteiger charge is 2.11. The highest BCUT2D eigenvalue weighted by Crippen LogP contribution is 2.20. The van der Waals surface area contributed by atoms with Crippen LogP contribution in [0.15, 0.2) is 30.3 Å². The molecule has 0 unspecified atom stereocenters. The van der Waals surface area contributed by atoms with Crippen molar-refractivity contribution in [1.29, 1.82) is 0 Å². The third-order valence-electron chi connectivity index (χ3n) is 3.03. The molecule has 0 fully saturated rings. The number of nitrogens with zero attached hydrogens (tertiary/aromatic N) is 1. The first kappa shape index (κ1) is 13.3. The Morgan fingerprint density at radius 3 is 2.84 bits per heavy atom. The summed E-state index contributed by atoms with van der Waals surface area (Å²) in [5.74, 6) is 0.669. The summed E-state index contributed by atoms with van der Waals surface area (Å²) in [5, 5.41) is 6.82. The van der Waals surface area contributed by atoms with Gasteiger partial charge in [-0.25, -0.2) is 4.98 Å². The Labute approximate surface area is 113 Å². The zero-order chi connectivity index (χ0) is 13.7. The summed E-state index contributed by atoms with van der Waals surface area (Å²) >= 11 is 0. The molecular weight excluding hydrogens is 238 g/mol. The van der Waals surface area contributed by atoms with Crippen LogP contribution in [-0.2, 0) is 0 Å². The number of anilines is 1. The number of rotatable bonds is 5. The molecule has 0 saturated carbocycles. The van der Waals surface area contributed by atoms with Gasteiger partial charge in [-0.1, -0.05) is 31.5 Å². The van der Waals surface area contributed by atoms with Crippen LogP contribution in [0.25, 0.3) is 10.9 Å². The van der Waals surface area contributed by atoms with Crippen LogP contribution in [0.2, 0.25) is 0 Å². The zero-order valence-corrected chi connectivity index (χ0v) is 11.4. The highest BCUT2D eigenvalue weighted by molar-refractivity contribution is 6.06. The maximum Gasteiger partial charge on any atom is 0.252 e. The van der Waals surface area contributed by atoms with Gasteiger partial charge in [0.2, 0.25) is 0 Å². The van der Waals surface area contributed by atoms with E-state index in [1.54, 1.807) is 13.1 Å². The first-order chi connectivity index (χ1) is 9.26. The van der Waals surface area contributed by atoms with Crippen molar-refractivity contribution >= 4 is 22.6 Å². The Kier molecular flexibility index (Phi) is 4.34. The summed E-state index contributed by atoms with van der Waals surface area (Å²) in [6, 6.07) is 9.48. The minimum absolute atomic E-state index is 0.0384. The van der Waals surface area contributed by atoms with Crippen LogP contribution in [0.4, 0.5) is 5.82 Å². The molecule has 0 bridgehead atoms. The Bertz CT molecular complexity index is 581. The molecule has 0 saturated heterocycles. The lowest BCUT2D eigenvalue weighted by atomic mass is 10.1. The van der Waals surface area contributed by atoms with Crippen molar-refractivity contribution in [2.24, 2.45) is 0 Å². The van der Waals surface area contributed by atoms with Gasteiger partial charge in [-0.3, -0.25) is 4.79 Å². The SMILES string of the molecule is CCCCNC(=O)c1cc(NC)nc2ccccc12. The number of fused-ring (bicyclic) bond motifs is 1. The quantitative estimate of drug-likeness (QED) is 0.810. The standard InChI is InChI=1S/C15H19N3O/c1-3-4-9-17-15(19)12-10-14(16-2)18-13-8-6-5-7-11(12)13/h5-8,10H,3-4,9H2,1-2H3,(H,16,18)(H,17,19). The normalized spacial score (nSPS) is 10.4. The molecule has 100 valence electrons. The van der Waals surface area contributed by atoms with E-state index in [-0.39, 0.29) is 5.91 Å². The summed E-state index contributed by atoms with van der Waals surface area (Å²) in [6.07, 6.45) is 2.06. The fourth-order valence-corrected chi connectivity index (χ4v) is 1.97. The molecule has 0 spiro atoms. The molecule has 1 aromatic heterocycles. The van der Waals surface area contributed by atoms with E-state index in [0.717, 1.165) is 23.7 Å². The van der Waals surface area contributed by atoms with E-state index < -0.39 is 0 Å². The summed E-state index contributed by atoms with van der Waals surface area (Å²) in [5.41, 5.74) is 1.50. The summed E-state index contributed by atoms with van der Waals surface area (Å²) in [4.78, 5) is 16.7. The topological polar surface area (TPSA) is 54.0 Å². The van der Waals surface area contributed by atoms with E-state index in [1.807, 2.05) is 24.3 Å². The van der Waals surface area contributed by atoms with Crippen molar-refractivity contribution in [3.05, 3.63) is 35.9 Å². The van der Waals surface area contributed by atoms with E-state index in [0.29, 0.717) is 17.9 Å². The number of para-hydroxylation sites is 1. The van der Waals surface area contributed by atoms with Gasteiger partial charge < -0.3 is 10.6 Å². The molecule has 4 heteroatoms. The van der Waals surface area contributed by atoms with Crippen molar-refractivity contribution in [3.8, 4) is 0 Å². The van der Waals surface area contributed by atoms with Gasteiger partial charge in [0.1, 0.15) is 5.82 Å². The Balaban J connectivity index is 2.37. The lowest BCUT2D eigenvalue weighted by Gasteiger charge is -2.09. The second kappa shape index (κ2) is 6.18. The zero-order valence-electron chi connectivity index (χ0n) is 11.4. The summed E-state index contributed by atoms with van der Waals surface area (Å²) < 4.78 is 0. The van der Waals surface area contributed by atoms with Crippen LogP contribution in [-0.4, -0.2) is 24.5 Å². The van der Waals surface area contributed by atoms with Gasteiger partial charge in [-0.2, -0.15) is 0 Å². The molecule has 0 atom stereocenters. The van der Waals surface area contributed by atoms with Gasteiger partial charge in [0, 0.05) is 19.0 Å². The average Bonchev–Trinajstić information content (AvgIpc) is 2.46. The molecule has 0 aliphatic heterocycles. The summed E-state index contributed by atoms with van der Waals surface area (Å²) in [6.45, 7) is 2.81. The molecule has 0 aliphatic rings. The van der Waals surface area contributed by atoms with Crippen LogP contribution in [0.5, 0.6) is 0 Å². The predicted octanol–water partition coefficient (Wildman–Crippen LogP) is 2.81. The highest BCUT2D eigenvalue weighted by atomic mass is 16.1. The number of aromatic nitrogens is 1. The number of hydrogen-bond acceptors (Lipinski definition) is 3. The molecule has 0 aliphatic carbocycles. The number of carbonyl (C=O) groups excluding carboxylic acids is 1. The van der Waals surface area contributed by atoms with Gasteiger partial charge in [0.05, 0.1) is 11.1 Å². The Hall–Kier alpha value is -2.10. The lowest BCUT2D eigenvalue weighted by Crippen LogP contribution is -2.24. The molecule has 2 aromatic rings. The van der Waals surface area contributed by atoms with Crippen molar-refractivity contribution in [2.45, 2.75) is 19.8 Å². The van der Waals surface area contributed by atoms with E-state index in [9.17, 15) is 4.79 Å². The largest absolute Gasteiger partial charge is 0.373 e. The van der Waals surface area contributed by atoms with Crippen molar-refractivity contribution in [2.75, 3.05) is 18.9 Å². The van der Waals surface area contributed by atoms with Crippen LogP contribution >= 0.6 is 0 Å². The van der Waals surface area contributed by atoms with Gasteiger partial charge >= 0.3 is 0 Å². The molecule has 0 radical (unpaired) electrons. The number of amides is 1. The van der Waals surface area contributed by atoms with Crippen molar-refractivity contribution < 1.29 is 4.79 Å². The van der Waals surface area contributed by atoms with Gasteiger partial charge in [-0.15, -0.1) is 0 Å². The predicted molar refractivity (Wildman–Crippen MR) is 78.5 cm³/mol. The maximum atomic E-state index is 12.2. The summed E-state index contributed by atoms with van der Waals surface area (Å²) in [7, 11) is 1.80. The fraction of sp³-hybridized carbons (Fsp3) is 0.333. The fourth-order valence-electron chi connectivity index (χ4n) is 1.97. The molecule has 1 heterocycles. The molecule has 2 N–H and O–H groups in total. The number of unbranched alkanes of at least 4 members (excludes halogenated alkanes) is 1. The second-order valence-corrected chi connectivity index (χ2v) is 4.43. The number of pyridine rings is 1. The number of hydrogen-bond donors (Lipinski definition) is 2. The average molecular weight is 257 g/mol. The van der Waals surface area contributed by atoms with E-state index >= 15 is 0 Å². The Morgan fingerprint density at radius 2 is 2.11 bits per heavy atom. The van der Waals surface area contributed by atoms with Gasteiger partial charge in [0.15, 0.2) is 0 Å². The van der Waals surface area contributed by atoms with E-state index in [2.05, 4.69) is 22.5 Å². The monoisotopic (exact) mass is 257 g/mol. The molecule has 19 heavy (non-hydrogen) atoms. The van der Waals surface area contributed by atoms with Crippen LogP contribution in [0.3, 0.4) is 0 Å². The second-order valence-electron chi connectivity index (χ2n) is 4.43. The van der Waals surface area contributed by atoms with Crippen LogP contribution in [0, 0.1) is 0 Å². The molecular formula is C15H19N3O. The molecule has 1 amide bonds. The Morgan fingerprint density at radius 1 is 1.32 bits per heavy atom.